The highest BCUT2D eigenvalue weighted by molar-refractivity contribution is 6.30. The van der Waals surface area contributed by atoms with E-state index in [-0.39, 0.29) is 30.7 Å². The molecule has 1 aliphatic rings. The average molecular weight is 492 g/mol. The summed E-state index contributed by atoms with van der Waals surface area (Å²) in [6, 6.07) is 9.25. The summed E-state index contributed by atoms with van der Waals surface area (Å²) < 4.78 is 30.7. The van der Waals surface area contributed by atoms with E-state index in [0.29, 0.717) is 52.6 Å². The molecule has 1 fully saturated rings. The summed E-state index contributed by atoms with van der Waals surface area (Å²) in [5, 5.41) is 12.8. The zero-order valence-corrected chi connectivity index (χ0v) is 19.7. The van der Waals surface area contributed by atoms with Crippen LogP contribution >= 0.6 is 11.6 Å². The second kappa shape index (κ2) is 10.6. The van der Waals surface area contributed by atoms with Crippen molar-refractivity contribution in [2.75, 3.05) is 38.9 Å². The van der Waals surface area contributed by atoms with E-state index in [0.717, 1.165) is 0 Å². The first-order valence-corrected chi connectivity index (χ1v) is 11.4. The number of anilines is 1. The molecule has 0 spiro atoms. The van der Waals surface area contributed by atoms with Gasteiger partial charge in [-0.25, -0.2) is 4.39 Å². The zero-order valence-electron chi connectivity index (χ0n) is 19.0. The van der Waals surface area contributed by atoms with E-state index in [2.05, 4.69) is 10.3 Å². The molecule has 34 heavy (non-hydrogen) atoms. The molecule has 2 aromatic carbocycles. The molecule has 3 aromatic rings. The first kappa shape index (κ1) is 24.3. The van der Waals surface area contributed by atoms with Crippen molar-refractivity contribution in [1.29, 1.82) is 0 Å². The van der Waals surface area contributed by atoms with Crippen LogP contribution in [0.15, 0.2) is 40.8 Å². The lowest BCUT2D eigenvalue weighted by atomic mass is 10.1. The Morgan fingerprint density at radius 2 is 2.24 bits per heavy atom. The molecule has 1 aliphatic heterocycles. The first-order chi connectivity index (χ1) is 16.4. The maximum Gasteiger partial charge on any atom is 0.296 e. The fourth-order valence-electron chi connectivity index (χ4n) is 4.07. The summed E-state index contributed by atoms with van der Waals surface area (Å²) in [4.78, 5) is 19.5. The predicted octanol–water partition coefficient (Wildman–Crippen LogP) is 4.22. The van der Waals surface area contributed by atoms with Crippen LogP contribution in [0.2, 0.25) is 5.02 Å². The minimum atomic E-state index is -0.715. The molecule has 1 aromatic heterocycles. The summed E-state index contributed by atoms with van der Waals surface area (Å²) in [5.74, 6) is 0.118. The lowest BCUT2D eigenvalue weighted by Gasteiger charge is -2.38. The number of nitrogens with zero attached hydrogens (tertiary/aromatic N) is 2. The largest absolute Gasteiger partial charge is 0.493 e. The molecule has 2 heterocycles. The summed E-state index contributed by atoms with van der Waals surface area (Å²) in [6.07, 6.45) is 0.306. The Labute approximate surface area is 201 Å². The van der Waals surface area contributed by atoms with Crippen LogP contribution < -0.4 is 10.1 Å². The molecule has 3 atom stereocenters. The molecule has 4 rings (SSSR count). The van der Waals surface area contributed by atoms with E-state index in [4.69, 9.17) is 25.5 Å². The molecule has 2 N–H and O–H groups in total. The molecule has 1 saturated heterocycles. The van der Waals surface area contributed by atoms with E-state index >= 15 is 0 Å². The van der Waals surface area contributed by atoms with Crippen LogP contribution in [-0.4, -0.2) is 66.6 Å². The standard InChI is InChI=1S/C24H27ClFN3O5/c1-14-12-29(18(6-7-30)13-33-14)23(31)16-9-19-22(21(10-16)32-2)34-24(27-19)28-20(11-26)15-4-3-5-17(25)8-15/h3-5,8-10,14,18,20,30H,6-7,11-13H2,1-2H3,(H,27,28)/t14?,18-,20-/m1/s1. The normalized spacial score (nSPS) is 19.3. The number of benzene rings is 2. The molecule has 8 nitrogen and oxygen atoms in total. The number of hydrogen-bond acceptors (Lipinski definition) is 7. The number of aliphatic hydroxyl groups excluding tert-OH is 1. The third-order valence-electron chi connectivity index (χ3n) is 5.82. The number of hydrogen-bond donors (Lipinski definition) is 2. The lowest BCUT2D eigenvalue weighted by molar-refractivity contribution is -0.0486. The Balaban J connectivity index is 1.64. The lowest BCUT2D eigenvalue weighted by Crippen LogP contribution is -2.51. The van der Waals surface area contributed by atoms with Crippen molar-refractivity contribution in [2.24, 2.45) is 0 Å². The van der Waals surface area contributed by atoms with Crippen molar-refractivity contribution < 1.29 is 28.2 Å². The van der Waals surface area contributed by atoms with Gasteiger partial charge in [0.05, 0.1) is 31.9 Å². The minimum Gasteiger partial charge on any atom is -0.493 e. The van der Waals surface area contributed by atoms with Crippen molar-refractivity contribution in [3.63, 3.8) is 0 Å². The molecule has 0 radical (unpaired) electrons. The smallest absolute Gasteiger partial charge is 0.296 e. The van der Waals surface area contributed by atoms with Gasteiger partial charge in [0.2, 0.25) is 0 Å². The Bertz CT molecular complexity index is 1160. The molecule has 10 heteroatoms. The third kappa shape index (κ3) is 5.11. The highest BCUT2D eigenvalue weighted by atomic mass is 35.5. The van der Waals surface area contributed by atoms with Crippen LogP contribution in [0.1, 0.15) is 35.3 Å². The number of amides is 1. The number of carbonyl (C=O) groups excluding carboxylic acids is 1. The second-order valence-corrected chi connectivity index (χ2v) is 8.66. The molecule has 0 saturated carbocycles. The number of fused-ring (bicyclic) bond motifs is 1. The van der Waals surface area contributed by atoms with Crippen LogP contribution in [0.3, 0.4) is 0 Å². The number of methoxy groups -OCH3 is 1. The highest BCUT2D eigenvalue weighted by Gasteiger charge is 2.31. The predicted molar refractivity (Wildman–Crippen MR) is 126 cm³/mol. The number of rotatable bonds is 8. The Morgan fingerprint density at radius 1 is 1.41 bits per heavy atom. The number of carbonyl (C=O) groups is 1. The van der Waals surface area contributed by atoms with Gasteiger partial charge in [-0.1, -0.05) is 23.7 Å². The number of halogens is 2. The van der Waals surface area contributed by atoms with Gasteiger partial charge in [-0.3, -0.25) is 4.79 Å². The van der Waals surface area contributed by atoms with Crippen LogP contribution in [0.4, 0.5) is 10.4 Å². The summed E-state index contributed by atoms with van der Waals surface area (Å²) in [5.41, 5.74) is 1.76. The van der Waals surface area contributed by atoms with Gasteiger partial charge in [-0.2, -0.15) is 4.98 Å². The quantitative estimate of drug-likeness (QED) is 0.486. The molecular weight excluding hydrogens is 465 g/mol. The van der Waals surface area contributed by atoms with Crippen molar-refractivity contribution in [2.45, 2.75) is 31.5 Å². The van der Waals surface area contributed by atoms with Gasteiger partial charge in [0.1, 0.15) is 12.2 Å². The van der Waals surface area contributed by atoms with E-state index in [1.54, 1.807) is 41.3 Å². The first-order valence-electron chi connectivity index (χ1n) is 11.0. The van der Waals surface area contributed by atoms with E-state index in [1.165, 1.54) is 7.11 Å². The summed E-state index contributed by atoms with van der Waals surface area (Å²) >= 11 is 6.04. The number of alkyl halides is 1. The van der Waals surface area contributed by atoms with Crippen LogP contribution in [0.25, 0.3) is 11.1 Å². The highest BCUT2D eigenvalue weighted by Crippen LogP contribution is 2.33. The number of oxazole rings is 1. The summed E-state index contributed by atoms with van der Waals surface area (Å²) in [6.45, 7) is 1.92. The van der Waals surface area contributed by atoms with Gasteiger partial charge in [0.25, 0.3) is 11.9 Å². The minimum absolute atomic E-state index is 0.0464. The van der Waals surface area contributed by atoms with Gasteiger partial charge in [-0.15, -0.1) is 0 Å². The van der Waals surface area contributed by atoms with Crippen molar-refractivity contribution in [3.8, 4) is 5.75 Å². The number of aromatic nitrogens is 1. The number of aliphatic hydroxyl groups is 1. The third-order valence-corrected chi connectivity index (χ3v) is 6.05. The second-order valence-electron chi connectivity index (χ2n) is 8.22. The molecular formula is C24H27ClFN3O5. The van der Waals surface area contributed by atoms with E-state index in [1.807, 2.05) is 6.92 Å². The fourth-order valence-corrected chi connectivity index (χ4v) is 4.27. The number of morpholine rings is 1. The van der Waals surface area contributed by atoms with Crippen LogP contribution in [0, 0.1) is 0 Å². The van der Waals surface area contributed by atoms with E-state index < -0.39 is 12.7 Å². The molecule has 0 aliphatic carbocycles. The molecule has 1 amide bonds. The fraction of sp³-hybridized carbons (Fsp3) is 0.417. The molecule has 0 bridgehead atoms. The molecule has 182 valence electrons. The SMILES string of the molecule is COc1cc(C(=O)N2CC(C)OC[C@H]2CCO)cc2nc(N[C@H](CF)c3cccc(Cl)c3)oc12. The number of ether oxygens (including phenoxy) is 2. The van der Waals surface area contributed by atoms with Gasteiger partial charge in [0.15, 0.2) is 11.3 Å². The molecule has 1 unspecified atom stereocenters. The maximum absolute atomic E-state index is 13.8. The van der Waals surface area contributed by atoms with Crippen LogP contribution in [0.5, 0.6) is 5.75 Å². The summed E-state index contributed by atoms with van der Waals surface area (Å²) in [7, 11) is 1.47. The number of nitrogens with one attached hydrogen (secondary N) is 1. The van der Waals surface area contributed by atoms with Crippen molar-refractivity contribution in [3.05, 3.63) is 52.5 Å². The van der Waals surface area contributed by atoms with Gasteiger partial charge >= 0.3 is 0 Å². The Morgan fingerprint density at radius 3 is 2.94 bits per heavy atom. The van der Waals surface area contributed by atoms with Gasteiger partial charge in [0, 0.05) is 23.7 Å². The zero-order chi connectivity index (χ0) is 24.2. The monoisotopic (exact) mass is 491 g/mol. The van der Waals surface area contributed by atoms with Gasteiger partial charge in [-0.05, 0) is 43.2 Å². The maximum atomic E-state index is 13.8. The van der Waals surface area contributed by atoms with Gasteiger partial charge < -0.3 is 29.2 Å². The van der Waals surface area contributed by atoms with E-state index in [9.17, 15) is 14.3 Å². The average Bonchev–Trinajstić information content (AvgIpc) is 3.25. The Hall–Kier alpha value is -2.88. The Kier molecular flexibility index (Phi) is 7.55. The van der Waals surface area contributed by atoms with Crippen LogP contribution in [-0.2, 0) is 4.74 Å². The van der Waals surface area contributed by atoms with Crippen molar-refractivity contribution in [1.82, 2.24) is 9.88 Å². The van der Waals surface area contributed by atoms with Crippen molar-refractivity contribution >= 4 is 34.6 Å². The topological polar surface area (TPSA) is 97.1 Å².